The molecule has 0 spiro atoms. The van der Waals surface area contributed by atoms with E-state index in [2.05, 4.69) is 0 Å². The highest BCUT2D eigenvalue weighted by Gasteiger charge is 2.19. The van der Waals surface area contributed by atoms with Gasteiger partial charge < -0.3 is 15.9 Å². The van der Waals surface area contributed by atoms with E-state index in [4.69, 9.17) is 15.9 Å². The Labute approximate surface area is 76.1 Å². The van der Waals surface area contributed by atoms with Crippen molar-refractivity contribution < 1.29 is 15.0 Å². The highest BCUT2D eigenvalue weighted by atomic mass is 32.2. The molecule has 2 unspecified atom stereocenters. The molecule has 0 rings (SSSR count). The van der Waals surface area contributed by atoms with Gasteiger partial charge in [0.15, 0.2) is 0 Å². The molecule has 0 bridgehead atoms. The minimum absolute atomic E-state index is 0.000974. The Hall–Kier alpha value is -0.260. The predicted octanol–water partition coefficient (Wildman–Crippen LogP) is -0.0976. The van der Waals surface area contributed by atoms with Crippen molar-refractivity contribution in [3.8, 4) is 0 Å². The van der Waals surface area contributed by atoms with Crippen molar-refractivity contribution in [1.29, 1.82) is 0 Å². The predicted molar refractivity (Wildman–Crippen MR) is 49.2 cm³/mol. The second-order valence-corrected chi connectivity index (χ2v) is 4.18. The lowest BCUT2D eigenvalue weighted by Gasteiger charge is -2.14. The third-order valence-corrected chi connectivity index (χ3v) is 2.74. The summed E-state index contributed by atoms with van der Waals surface area (Å²) in [5.41, 5.74) is 5.25. The molecule has 0 saturated carbocycles. The lowest BCUT2D eigenvalue weighted by Crippen LogP contribution is -2.23. The van der Waals surface area contributed by atoms with Gasteiger partial charge in [-0.2, -0.15) is 0 Å². The van der Waals surface area contributed by atoms with Gasteiger partial charge in [-0.1, -0.05) is 6.92 Å². The number of aliphatic hydroxyl groups is 1. The maximum absolute atomic E-state index is 10.6. The summed E-state index contributed by atoms with van der Waals surface area (Å²) in [7, 11) is 0. The molecule has 4 nitrogen and oxygen atoms in total. The normalized spacial score (nSPS) is 15.6. The van der Waals surface area contributed by atoms with Crippen LogP contribution in [0.25, 0.3) is 0 Å². The number of carbonyl (C=O) groups is 1. The highest BCUT2D eigenvalue weighted by molar-refractivity contribution is 8.01. The summed E-state index contributed by atoms with van der Waals surface area (Å²) in [5.74, 6) is -0.856. The zero-order valence-electron chi connectivity index (χ0n) is 7.06. The smallest absolute Gasteiger partial charge is 0.316 e. The molecule has 0 aromatic heterocycles. The summed E-state index contributed by atoms with van der Waals surface area (Å²) in [6.45, 7) is 2.15. The van der Waals surface area contributed by atoms with Crippen LogP contribution in [-0.4, -0.2) is 39.8 Å². The Bertz CT molecular complexity index is 143. The van der Waals surface area contributed by atoms with Gasteiger partial charge in [0.2, 0.25) is 0 Å². The molecule has 0 saturated heterocycles. The molecular formula is C7H15NO3S. The van der Waals surface area contributed by atoms with E-state index in [0.29, 0.717) is 13.0 Å². The van der Waals surface area contributed by atoms with Gasteiger partial charge in [0, 0.05) is 5.25 Å². The van der Waals surface area contributed by atoms with E-state index in [9.17, 15) is 4.79 Å². The van der Waals surface area contributed by atoms with Crippen LogP contribution in [0.15, 0.2) is 0 Å². The number of hydrogen-bond donors (Lipinski definition) is 3. The van der Waals surface area contributed by atoms with Crippen LogP contribution < -0.4 is 5.73 Å². The molecule has 0 heterocycles. The van der Waals surface area contributed by atoms with Crippen molar-refractivity contribution in [2.45, 2.75) is 23.8 Å². The lowest BCUT2D eigenvalue weighted by atomic mass is 10.3. The maximum atomic E-state index is 10.6. The zero-order chi connectivity index (χ0) is 9.56. The minimum Gasteiger partial charge on any atom is -0.480 e. The van der Waals surface area contributed by atoms with E-state index in [1.807, 2.05) is 0 Å². The van der Waals surface area contributed by atoms with E-state index >= 15 is 0 Å². The number of nitrogens with two attached hydrogens (primary N) is 1. The number of rotatable bonds is 6. The fourth-order valence-corrected chi connectivity index (χ4v) is 1.76. The number of carboxylic acids is 1. The summed E-state index contributed by atoms with van der Waals surface area (Å²) in [5, 5.41) is 16.8. The molecule has 0 aliphatic heterocycles. The first kappa shape index (κ1) is 11.7. The van der Waals surface area contributed by atoms with Crippen LogP contribution in [0.5, 0.6) is 0 Å². The number of aliphatic carboxylic acids is 1. The molecule has 0 aliphatic carbocycles. The number of thioether (sulfide) groups is 1. The molecule has 2 atom stereocenters. The van der Waals surface area contributed by atoms with Crippen molar-refractivity contribution in [1.82, 2.24) is 0 Å². The quantitative estimate of drug-likeness (QED) is 0.548. The minimum atomic E-state index is -0.856. The van der Waals surface area contributed by atoms with Gasteiger partial charge in [0.05, 0.1) is 6.61 Å². The topological polar surface area (TPSA) is 83.5 Å². The second kappa shape index (κ2) is 6.28. The molecule has 0 fully saturated rings. The lowest BCUT2D eigenvalue weighted by molar-refractivity contribution is -0.136. The standard InChI is InChI=1S/C7H15NO3S/c1-5(4-9)12-6(2-3-8)7(10)11/h5-6,9H,2-4,8H2,1H3,(H,10,11). The van der Waals surface area contributed by atoms with Crippen molar-refractivity contribution in [2.75, 3.05) is 13.2 Å². The zero-order valence-corrected chi connectivity index (χ0v) is 7.88. The molecule has 72 valence electrons. The van der Waals surface area contributed by atoms with E-state index < -0.39 is 11.2 Å². The number of hydrogen-bond acceptors (Lipinski definition) is 4. The monoisotopic (exact) mass is 193 g/mol. The first-order valence-electron chi connectivity index (χ1n) is 3.81. The van der Waals surface area contributed by atoms with Crippen LogP contribution in [0.3, 0.4) is 0 Å². The third-order valence-electron chi connectivity index (χ3n) is 1.36. The van der Waals surface area contributed by atoms with Gasteiger partial charge in [0.25, 0.3) is 0 Å². The van der Waals surface area contributed by atoms with E-state index in [-0.39, 0.29) is 11.9 Å². The first-order valence-corrected chi connectivity index (χ1v) is 4.75. The second-order valence-electron chi connectivity index (χ2n) is 2.53. The van der Waals surface area contributed by atoms with Crippen LogP contribution in [0, 0.1) is 0 Å². The summed E-state index contributed by atoms with van der Waals surface area (Å²) < 4.78 is 0. The van der Waals surface area contributed by atoms with Gasteiger partial charge >= 0.3 is 5.97 Å². The molecule has 0 radical (unpaired) electrons. The van der Waals surface area contributed by atoms with Crippen LogP contribution >= 0.6 is 11.8 Å². The molecule has 0 amide bonds. The average molecular weight is 193 g/mol. The fourth-order valence-electron chi connectivity index (χ4n) is 0.725. The van der Waals surface area contributed by atoms with Gasteiger partial charge in [-0.25, -0.2) is 0 Å². The van der Waals surface area contributed by atoms with Crippen LogP contribution in [0.2, 0.25) is 0 Å². The molecule has 12 heavy (non-hydrogen) atoms. The number of aliphatic hydroxyl groups excluding tert-OH is 1. The molecule has 0 aliphatic rings. The Morgan fingerprint density at radius 3 is 2.58 bits per heavy atom. The molecule has 4 N–H and O–H groups in total. The Kier molecular flexibility index (Phi) is 6.14. The van der Waals surface area contributed by atoms with Gasteiger partial charge in [0.1, 0.15) is 5.25 Å². The Morgan fingerprint density at radius 2 is 2.25 bits per heavy atom. The average Bonchev–Trinajstić information content (AvgIpc) is 2.03. The maximum Gasteiger partial charge on any atom is 0.316 e. The van der Waals surface area contributed by atoms with E-state index in [1.165, 1.54) is 11.8 Å². The van der Waals surface area contributed by atoms with Crippen LogP contribution in [0.1, 0.15) is 13.3 Å². The Morgan fingerprint density at radius 1 is 1.67 bits per heavy atom. The van der Waals surface area contributed by atoms with Crippen LogP contribution in [-0.2, 0) is 4.79 Å². The van der Waals surface area contributed by atoms with Crippen molar-refractivity contribution in [3.05, 3.63) is 0 Å². The van der Waals surface area contributed by atoms with Crippen molar-refractivity contribution in [3.63, 3.8) is 0 Å². The fraction of sp³-hybridized carbons (Fsp3) is 0.857. The summed E-state index contributed by atoms with van der Waals surface area (Å²) >= 11 is 1.25. The van der Waals surface area contributed by atoms with Crippen LogP contribution in [0.4, 0.5) is 0 Å². The number of carboxylic acid groups (broad SMARTS) is 1. The highest BCUT2D eigenvalue weighted by Crippen LogP contribution is 2.19. The SMILES string of the molecule is CC(CO)SC(CCN)C(=O)O. The van der Waals surface area contributed by atoms with Gasteiger partial charge in [-0.15, -0.1) is 11.8 Å². The summed E-state index contributed by atoms with van der Waals surface area (Å²) in [4.78, 5) is 10.6. The first-order chi connectivity index (χ1) is 5.61. The third kappa shape index (κ3) is 4.58. The van der Waals surface area contributed by atoms with E-state index in [0.717, 1.165) is 0 Å². The molecule has 5 heteroatoms. The molecule has 0 aromatic carbocycles. The van der Waals surface area contributed by atoms with Gasteiger partial charge in [-0.05, 0) is 13.0 Å². The summed E-state index contributed by atoms with van der Waals surface area (Å²) in [6, 6.07) is 0. The molecule has 0 aromatic rings. The largest absolute Gasteiger partial charge is 0.480 e. The Balaban J connectivity index is 3.86. The van der Waals surface area contributed by atoms with Crippen molar-refractivity contribution in [2.24, 2.45) is 5.73 Å². The summed E-state index contributed by atoms with van der Waals surface area (Å²) in [6.07, 6.45) is 0.449. The van der Waals surface area contributed by atoms with Gasteiger partial charge in [-0.3, -0.25) is 4.79 Å². The van der Waals surface area contributed by atoms with Crippen molar-refractivity contribution >= 4 is 17.7 Å². The molecular weight excluding hydrogens is 178 g/mol. The van der Waals surface area contributed by atoms with E-state index in [1.54, 1.807) is 6.92 Å².